The van der Waals surface area contributed by atoms with Crippen LogP contribution in [0.2, 0.25) is 5.02 Å². The lowest BCUT2D eigenvalue weighted by atomic mass is 10.2. The smallest absolute Gasteiger partial charge is 0.220 e. The van der Waals surface area contributed by atoms with E-state index in [9.17, 15) is 4.79 Å². The molecule has 0 unspecified atom stereocenters. The van der Waals surface area contributed by atoms with Crippen LogP contribution in [0.25, 0.3) is 0 Å². The highest BCUT2D eigenvalue weighted by atomic mass is 35.5. The maximum absolute atomic E-state index is 11.4. The summed E-state index contributed by atoms with van der Waals surface area (Å²) in [6.07, 6.45) is 1.20. The molecule has 0 spiro atoms. The molecule has 1 rings (SSSR count). The van der Waals surface area contributed by atoms with E-state index in [1.807, 2.05) is 39.0 Å². The van der Waals surface area contributed by atoms with E-state index >= 15 is 0 Å². The Bertz CT molecular complexity index is 405. The quantitative estimate of drug-likeness (QED) is 0.805. The van der Waals surface area contributed by atoms with Crippen molar-refractivity contribution >= 4 is 17.5 Å². The maximum Gasteiger partial charge on any atom is 0.220 e. The molecule has 1 amide bonds. The summed E-state index contributed by atoms with van der Waals surface area (Å²) in [5.41, 5.74) is 0.992. The van der Waals surface area contributed by atoms with E-state index in [2.05, 4.69) is 5.32 Å². The van der Waals surface area contributed by atoms with Gasteiger partial charge in [0, 0.05) is 17.5 Å². The van der Waals surface area contributed by atoms with E-state index < -0.39 is 0 Å². The Balaban J connectivity index is 2.25. The summed E-state index contributed by atoms with van der Waals surface area (Å²) in [4.78, 5) is 11.4. The monoisotopic (exact) mass is 269 g/mol. The fraction of sp³-hybridized carbons (Fsp3) is 0.500. The van der Waals surface area contributed by atoms with Crippen LogP contribution in [0.1, 0.15) is 32.3 Å². The molecule has 100 valence electrons. The second-order valence-corrected chi connectivity index (χ2v) is 4.99. The van der Waals surface area contributed by atoms with Crippen molar-refractivity contribution in [3.8, 4) is 5.75 Å². The van der Waals surface area contributed by atoms with Gasteiger partial charge in [0.2, 0.25) is 5.91 Å². The van der Waals surface area contributed by atoms with E-state index in [1.165, 1.54) is 0 Å². The molecule has 0 aliphatic carbocycles. The van der Waals surface area contributed by atoms with Crippen molar-refractivity contribution in [1.29, 1.82) is 0 Å². The number of hydrogen-bond acceptors (Lipinski definition) is 2. The van der Waals surface area contributed by atoms with Gasteiger partial charge >= 0.3 is 0 Å². The predicted molar refractivity (Wildman–Crippen MR) is 74.2 cm³/mol. The van der Waals surface area contributed by atoms with Crippen LogP contribution < -0.4 is 10.1 Å². The number of carbonyl (C=O) groups excluding carboxylic acids is 1. The van der Waals surface area contributed by atoms with E-state index in [-0.39, 0.29) is 11.9 Å². The fourth-order valence-corrected chi connectivity index (χ4v) is 1.64. The molecule has 3 nitrogen and oxygen atoms in total. The number of benzene rings is 1. The highest BCUT2D eigenvalue weighted by Crippen LogP contribution is 2.21. The van der Waals surface area contributed by atoms with Gasteiger partial charge in [0.05, 0.1) is 6.61 Å². The van der Waals surface area contributed by atoms with Gasteiger partial charge in [-0.2, -0.15) is 0 Å². The summed E-state index contributed by atoms with van der Waals surface area (Å²) in [6, 6.07) is 5.75. The first-order valence-corrected chi connectivity index (χ1v) is 6.55. The van der Waals surface area contributed by atoms with Gasteiger partial charge in [-0.3, -0.25) is 4.79 Å². The Morgan fingerprint density at radius 2 is 2.17 bits per heavy atom. The molecule has 0 heterocycles. The fourth-order valence-electron chi connectivity index (χ4n) is 1.52. The third-order valence-electron chi connectivity index (χ3n) is 2.40. The largest absolute Gasteiger partial charge is 0.494 e. The highest BCUT2D eigenvalue weighted by molar-refractivity contribution is 6.31. The number of nitrogens with one attached hydrogen (secondary N) is 1. The van der Waals surface area contributed by atoms with Gasteiger partial charge in [0.25, 0.3) is 0 Å². The number of carbonyl (C=O) groups is 1. The first-order chi connectivity index (χ1) is 8.49. The summed E-state index contributed by atoms with van der Waals surface area (Å²) in [7, 11) is 0. The Morgan fingerprint density at radius 3 is 2.78 bits per heavy atom. The van der Waals surface area contributed by atoms with Crippen molar-refractivity contribution in [3.05, 3.63) is 28.8 Å². The van der Waals surface area contributed by atoms with Gasteiger partial charge in [0.15, 0.2) is 0 Å². The average molecular weight is 270 g/mol. The molecule has 0 bridgehead atoms. The molecule has 0 atom stereocenters. The molecular weight excluding hydrogens is 250 g/mol. The first-order valence-electron chi connectivity index (χ1n) is 6.17. The van der Waals surface area contributed by atoms with Crippen molar-refractivity contribution in [3.63, 3.8) is 0 Å². The molecule has 1 aromatic carbocycles. The molecule has 0 saturated heterocycles. The minimum Gasteiger partial charge on any atom is -0.494 e. The van der Waals surface area contributed by atoms with Gasteiger partial charge < -0.3 is 10.1 Å². The van der Waals surface area contributed by atoms with Crippen LogP contribution >= 0.6 is 11.6 Å². The molecule has 0 fully saturated rings. The molecule has 1 N–H and O–H groups in total. The van der Waals surface area contributed by atoms with Crippen LogP contribution in [-0.2, 0) is 4.79 Å². The van der Waals surface area contributed by atoms with Crippen LogP contribution in [-0.4, -0.2) is 18.6 Å². The maximum atomic E-state index is 11.4. The third-order valence-corrected chi connectivity index (χ3v) is 2.82. The molecule has 0 aliphatic rings. The van der Waals surface area contributed by atoms with Crippen molar-refractivity contribution in [2.75, 3.05) is 6.61 Å². The number of amides is 1. The van der Waals surface area contributed by atoms with Crippen molar-refractivity contribution < 1.29 is 9.53 Å². The summed E-state index contributed by atoms with van der Waals surface area (Å²) in [6.45, 7) is 6.37. The standard InChI is InChI=1S/C14H20ClNO2/c1-10(2)16-14(17)5-4-8-18-12-6-7-13(15)11(3)9-12/h6-7,9-10H,4-5,8H2,1-3H3,(H,16,17). The Hall–Kier alpha value is -1.22. The SMILES string of the molecule is Cc1cc(OCCCC(=O)NC(C)C)ccc1Cl. The second kappa shape index (κ2) is 7.27. The average Bonchev–Trinajstić information content (AvgIpc) is 2.28. The summed E-state index contributed by atoms with van der Waals surface area (Å²) in [5.74, 6) is 0.863. The lowest BCUT2D eigenvalue weighted by Crippen LogP contribution is -2.30. The Morgan fingerprint density at radius 1 is 1.44 bits per heavy atom. The topological polar surface area (TPSA) is 38.3 Å². The van der Waals surface area contributed by atoms with Crippen LogP contribution in [0.4, 0.5) is 0 Å². The Kier molecular flexibility index (Phi) is 5.99. The zero-order valence-corrected chi connectivity index (χ0v) is 11.9. The number of rotatable bonds is 6. The second-order valence-electron chi connectivity index (χ2n) is 4.59. The van der Waals surface area contributed by atoms with Crippen molar-refractivity contribution in [1.82, 2.24) is 5.32 Å². The third kappa shape index (κ3) is 5.41. The van der Waals surface area contributed by atoms with Crippen LogP contribution in [0.3, 0.4) is 0 Å². The molecule has 0 aromatic heterocycles. The Labute approximate surface area is 113 Å². The minimum absolute atomic E-state index is 0.0703. The normalized spacial score (nSPS) is 10.5. The summed E-state index contributed by atoms with van der Waals surface area (Å²) in [5, 5.41) is 3.58. The number of halogens is 1. The van der Waals surface area contributed by atoms with Gasteiger partial charge in [-0.05, 0) is 51.0 Å². The zero-order valence-electron chi connectivity index (χ0n) is 11.1. The van der Waals surface area contributed by atoms with E-state index in [1.54, 1.807) is 0 Å². The van der Waals surface area contributed by atoms with Gasteiger partial charge in [-0.15, -0.1) is 0 Å². The number of hydrogen-bond donors (Lipinski definition) is 1. The molecule has 18 heavy (non-hydrogen) atoms. The lowest BCUT2D eigenvalue weighted by molar-refractivity contribution is -0.121. The van der Waals surface area contributed by atoms with Crippen LogP contribution in [0, 0.1) is 6.92 Å². The predicted octanol–water partition coefficient (Wildman–Crippen LogP) is 3.33. The lowest BCUT2D eigenvalue weighted by Gasteiger charge is -2.09. The summed E-state index contributed by atoms with van der Waals surface area (Å²) < 4.78 is 5.56. The van der Waals surface area contributed by atoms with E-state index in [4.69, 9.17) is 16.3 Å². The van der Waals surface area contributed by atoms with Crippen molar-refractivity contribution in [2.24, 2.45) is 0 Å². The highest BCUT2D eigenvalue weighted by Gasteiger charge is 2.03. The van der Waals surface area contributed by atoms with Crippen LogP contribution in [0.15, 0.2) is 18.2 Å². The molecule has 0 radical (unpaired) electrons. The van der Waals surface area contributed by atoms with Crippen molar-refractivity contribution in [2.45, 2.75) is 39.7 Å². The molecule has 4 heteroatoms. The van der Waals surface area contributed by atoms with Gasteiger partial charge in [-0.1, -0.05) is 11.6 Å². The summed E-state index contributed by atoms with van der Waals surface area (Å²) >= 11 is 5.92. The van der Waals surface area contributed by atoms with Crippen LogP contribution in [0.5, 0.6) is 5.75 Å². The van der Waals surface area contributed by atoms with E-state index in [0.717, 1.165) is 16.3 Å². The minimum atomic E-state index is 0.0703. The molecule has 1 aromatic rings. The van der Waals surface area contributed by atoms with E-state index in [0.29, 0.717) is 19.4 Å². The first kappa shape index (κ1) is 14.8. The molecule has 0 aliphatic heterocycles. The molecular formula is C14H20ClNO2. The molecule has 0 saturated carbocycles. The number of aryl methyl sites for hydroxylation is 1. The number of ether oxygens (including phenoxy) is 1. The van der Waals surface area contributed by atoms with Gasteiger partial charge in [-0.25, -0.2) is 0 Å². The van der Waals surface area contributed by atoms with Gasteiger partial charge in [0.1, 0.15) is 5.75 Å². The zero-order chi connectivity index (χ0) is 13.5.